The number of nitrogens with zero attached hydrogens (tertiary/aromatic N) is 6. The van der Waals surface area contributed by atoms with Gasteiger partial charge >= 0.3 is 0 Å². The summed E-state index contributed by atoms with van der Waals surface area (Å²) in [4.78, 5) is 31.8. The normalized spacial score (nSPS) is 16.2. The standard InChI is InChI=1S/C26H28N8O2S/c1-33-10-12-34(13-11-33)25-28-24(27-23-16-20(31-32-23)22-3-2-14-36-22)29-26(30-25)37-19-8-4-17(5-9-19)15-21(35)18-6-7-18/h2-5,8-9,14,16,18H,6-7,10-13,15H2,1H3,(H2,27,28,29,30,31,32). The van der Waals surface area contributed by atoms with Crippen LogP contribution in [0.5, 0.6) is 0 Å². The lowest BCUT2D eigenvalue weighted by Gasteiger charge is -2.32. The number of rotatable bonds is 9. The smallest absolute Gasteiger partial charge is 0.234 e. The molecule has 0 unspecified atom stereocenters. The number of aromatic nitrogens is 5. The van der Waals surface area contributed by atoms with Crippen LogP contribution in [0.2, 0.25) is 0 Å². The number of hydrogen-bond acceptors (Lipinski definition) is 10. The molecular formula is C26H28N8O2S. The zero-order valence-electron chi connectivity index (χ0n) is 20.6. The van der Waals surface area contributed by atoms with Crippen molar-refractivity contribution < 1.29 is 9.21 Å². The van der Waals surface area contributed by atoms with E-state index in [2.05, 4.69) is 37.3 Å². The maximum Gasteiger partial charge on any atom is 0.234 e. The highest BCUT2D eigenvalue weighted by Crippen LogP contribution is 2.32. The first-order chi connectivity index (χ1) is 18.1. The number of Topliss-reactive ketones (excluding diaryl/α,β-unsaturated/α-hetero) is 1. The van der Waals surface area contributed by atoms with Crippen molar-refractivity contribution in [3.8, 4) is 11.5 Å². The van der Waals surface area contributed by atoms with Crippen LogP contribution in [-0.2, 0) is 11.2 Å². The van der Waals surface area contributed by atoms with E-state index in [1.54, 1.807) is 6.26 Å². The Kier molecular flexibility index (Phi) is 6.62. The van der Waals surface area contributed by atoms with Gasteiger partial charge in [0.25, 0.3) is 0 Å². The molecule has 6 rings (SSSR count). The van der Waals surface area contributed by atoms with Crippen LogP contribution in [0.25, 0.3) is 11.5 Å². The molecule has 190 valence electrons. The van der Waals surface area contributed by atoms with Gasteiger partial charge in [0, 0.05) is 49.5 Å². The topological polar surface area (TPSA) is 116 Å². The molecule has 0 atom stereocenters. The Bertz CT molecular complexity index is 1360. The summed E-state index contributed by atoms with van der Waals surface area (Å²) in [5.74, 6) is 2.98. The molecule has 0 amide bonds. The van der Waals surface area contributed by atoms with Crippen molar-refractivity contribution in [3.63, 3.8) is 0 Å². The molecule has 11 heteroatoms. The number of ketones is 1. The molecule has 37 heavy (non-hydrogen) atoms. The van der Waals surface area contributed by atoms with Gasteiger partial charge in [-0.25, -0.2) is 0 Å². The minimum atomic E-state index is 0.280. The van der Waals surface area contributed by atoms with E-state index in [0.717, 1.165) is 55.2 Å². The highest BCUT2D eigenvalue weighted by Gasteiger charge is 2.29. The van der Waals surface area contributed by atoms with Crippen LogP contribution in [0, 0.1) is 5.92 Å². The number of piperazine rings is 1. The third kappa shape index (κ3) is 5.83. The van der Waals surface area contributed by atoms with E-state index >= 15 is 0 Å². The maximum atomic E-state index is 12.2. The van der Waals surface area contributed by atoms with E-state index in [-0.39, 0.29) is 5.92 Å². The molecule has 1 aromatic carbocycles. The van der Waals surface area contributed by atoms with Gasteiger partial charge < -0.3 is 19.5 Å². The van der Waals surface area contributed by atoms with E-state index in [1.165, 1.54) is 11.8 Å². The molecule has 0 bridgehead atoms. The van der Waals surface area contributed by atoms with Gasteiger partial charge in [-0.1, -0.05) is 12.1 Å². The number of nitrogens with one attached hydrogen (secondary N) is 2. The lowest BCUT2D eigenvalue weighted by Crippen LogP contribution is -2.45. The number of likely N-dealkylation sites (N-methyl/N-ethyl adjacent to an activating group) is 1. The van der Waals surface area contributed by atoms with Gasteiger partial charge in [-0.15, -0.1) is 0 Å². The van der Waals surface area contributed by atoms with Crippen LogP contribution >= 0.6 is 11.8 Å². The number of carbonyl (C=O) groups excluding carboxylic acids is 1. The summed E-state index contributed by atoms with van der Waals surface area (Å²) in [5, 5.41) is 11.1. The molecule has 2 N–H and O–H groups in total. The van der Waals surface area contributed by atoms with E-state index in [9.17, 15) is 4.79 Å². The number of anilines is 3. The lowest BCUT2D eigenvalue weighted by atomic mass is 10.1. The third-order valence-electron chi connectivity index (χ3n) is 6.54. The fraction of sp³-hybridized carbons (Fsp3) is 0.346. The van der Waals surface area contributed by atoms with Crippen molar-refractivity contribution >= 4 is 35.3 Å². The fourth-order valence-electron chi connectivity index (χ4n) is 4.19. The minimum Gasteiger partial charge on any atom is -0.463 e. The lowest BCUT2D eigenvalue weighted by molar-refractivity contribution is -0.119. The number of furan rings is 1. The SMILES string of the molecule is CN1CCN(c2nc(Nc3cc(-c4ccco4)[nH]n3)nc(Sc3ccc(CC(=O)C4CC4)cc3)n2)CC1. The number of carbonyl (C=O) groups is 1. The van der Waals surface area contributed by atoms with E-state index in [0.29, 0.717) is 40.8 Å². The van der Waals surface area contributed by atoms with Gasteiger partial charge in [-0.3, -0.25) is 9.89 Å². The zero-order chi connectivity index (χ0) is 25.2. The Morgan fingerprint density at radius 3 is 2.65 bits per heavy atom. The van der Waals surface area contributed by atoms with Gasteiger partial charge in [0.15, 0.2) is 16.7 Å². The monoisotopic (exact) mass is 516 g/mol. The second-order valence-electron chi connectivity index (χ2n) is 9.46. The predicted molar refractivity (Wildman–Crippen MR) is 141 cm³/mol. The number of aromatic amines is 1. The quantitative estimate of drug-likeness (QED) is 0.338. The van der Waals surface area contributed by atoms with Gasteiger partial charge in [-0.2, -0.15) is 20.1 Å². The Morgan fingerprint density at radius 2 is 1.92 bits per heavy atom. The van der Waals surface area contributed by atoms with Crippen molar-refractivity contribution in [2.24, 2.45) is 5.92 Å². The zero-order valence-corrected chi connectivity index (χ0v) is 21.4. The molecule has 1 aliphatic heterocycles. The summed E-state index contributed by atoms with van der Waals surface area (Å²) in [7, 11) is 2.12. The summed E-state index contributed by atoms with van der Waals surface area (Å²) in [6.45, 7) is 3.59. The molecule has 2 fully saturated rings. The number of H-pyrrole nitrogens is 1. The van der Waals surface area contributed by atoms with Crippen molar-refractivity contribution in [1.82, 2.24) is 30.0 Å². The Morgan fingerprint density at radius 1 is 1.11 bits per heavy atom. The Hall–Kier alpha value is -3.70. The summed E-state index contributed by atoms with van der Waals surface area (Å²) in [6, 6.07) is 13.6. The van der Waals surface area contributed by atoms with Gasteiger partial charge in [-0.05, 0) is 61.5 Å². The molecule has 0 radical (unpaired) electrons. The number of hydrogen-bond donors (Lipinski definition) is 2. The van der Waals surface area contributed by atoms with E-state index < -0.39 is 0 Å². The van der Waals surface area contributed by atoms with Crippen LogP contribution in [0.3, 0.4) is 0 Å². The van der Waals surface area contributed by atoms with Gasteiger partial charge in [0.05, 0.1) is 6.26 Å². The first kappa shape index (κ1) is 23.7. The van der Waals surface area contributed by atoms with Crippen molar-refractivity contribution in [3.05, 3.63) is 54.3 Å². The second kappa shape index (κ2) is 10.3. The summed E-state index contributed by atoms with van der Waals surface area (Å²) in [6.07, 6.45) is 4.21. The average Bonchev–Trinajstić information content (AvgIpc) is 3.41. The molecule has 2 aliphatic rings. The van der Waals surface area contributed by atoms with Crippen molar-refractivity contribution in [2.45, 2.75) is 29.3 Å². The Labute approximate surface area is 218 Å². The predicted octanol–water partition coefficient (Wildman–Crippen LogP) is 4.02. The molecule has 10 nitrogen and oxygen atoms in total. The van der Waals surface area contributed by atoms with Crippen LogP contribution in [0.15, 0.2) is 63.2 Å². The van der Waals surface area contributed by atoms with Crippen LogP contribution in [0.1, 0.15) is 18.4 Å². The molecule has 0 spiro atoms. The number of benzene rings is 1. The van der Waals surface area contributed by atoms with Crippen molar-refractivity contribution in [2.75, 3.05) is 43.4 Å². The highest BCUT2D eigenvalue weighted by atomic mass is 32.2. The summed E-state index contributed by atoms with van der Waals surface area (Å²) >= 11 is 1.47. The van der Waals surface area contributed by atoms with E-state index in [4.69, 9.17) is 14.4 Å². The van der Waals surface area contributed by atoms with Gasteiger partial charge in [0.1, 0.15) is 11.5 Å². The first-order valence-corrected chi connectivity index (χ1v) is 13.3. The molecule has 4 aromatic rings. The Balaban J connectivity index is 1.22. The minimum absolute atomic E-state index is 0.280. The third-order valence-corrected chi connectivity index (χ3v) is 7.41. The van der Waals surface area contributed by atoms with Crippen LogP contribution in [0.4, 0.5) is 17.7 Å². The molecule has 1 saturated heterocycles. The molecule has 4 heterocycles. The summed E-state index contributed by atoms with van der Waals surface area (Å²) < 4.78 is 5.45. The van der Waals surface area contributed by atoms with E-state index in [1.807, 2.05) is 42.5 Å². The summed E-state index contributed by atoms with van der Waals surface area (Å²) in [5.41, 5.74) is 1.80. The first-order valence-electron chi connectivity index (χ1n) is 12.4. The highest BCUT2D eigenvalue weighted by molar-refractivity contribution is 7.99. The fourth-order valence-corrected chi connectivity index (χ4v) is 4.93. The molecule has 1 saturated carbocycles. The molecular weight excluding hydrogens is 488 g/mol. The average molecular weight is 517 g/mol. The van der Waals surface area contributed by atoms with Gasteiger partial charge in [0.2, 0.25) is 11.9 Å². The van der Waals surface area contributed by atoms with Crippen molar-refractivity contribution in [1.29, 1.82) is 0 Å². The van der Waals surface area contributed by atoms with Crippen LogP contribution in [-0.4, -0.2) is 69.1 Å². The second-order valence-corrected chi connectivity index (χ2v) is 10.5. The molecule has 1 aliphatic carbocycles. The van der Waals surface area contributed by atoms with Crippen LogP contribution < -0.4 is 10.2 Å². The molecule has 3 aromatic heterocycles. The maximum absolute atomic E-state index is 12.2. The largest absolute Gasteiger partial charge is 0.463 e.